The summed E-state index contributed by atoms with van der Waals surface area (Å²) in [5.41, 5.74) is 0.942. The van der Waals surface area contributed by atoms with Gasteiger partial charge in [0.05, 0.1) is 12.5 Å². The first-order chi connectivity index (χ1) is 9.04. The third kappa shape index (κ3) is 5.30. The number of hydrogen-bond acceptors (Lipinski definition) is 3. The molecule has 1 aromatic rings. The largest absolute Gasteiger partial charge is 0.491 e. The monoisotopic (exact) mass is 264 g/mol. The van der Waals surface area contributed by atoms with Crippen LogP contribution >= 0.6 is 0 Å². The Balaban J connectivity index is 2.68. The van der Waals surface area contributed by atoms with E-state index < -0.39 is 0 Å². The molecule has 0 bridgehead atoms. The molecule has 4 nitrogen and oxygen atoms in total. The van der Waals surface area contributed by atoms with E-state index in [-0.39, 0.29) is 12.0 Å². The number of carbonyl (C=O) groups excluding carboxylic acids is 1. The number of rotatable bonds is 7. The van der Waals surface area contributed by atoms with Crippen LogP contribution < -0.4 is 10.1 Å². The zero-order valence-corrected chi connectivity index (χ0v) is 12.3. The van der Waals surface area contributed by atoms with Gasteiger partial charge < -0.3 is 15.0 Å². The Morgan fingerprint density at radius 2 is 2.05 bits per heavy atom. The molecule has 0 radical (unpaired) electrons. The normalized spacial score (nSPS) is 10.6. The van der Waals surface area contributed by atoms with Gasteiger partial charge in [0.2, 0.25) is 5.91 Å². The highest BCUT2D eigenvalue weighted by Crippen LogP contribution is 2.20. The molecule has 0 aliphatic rings. The Bertz CT molecular complexity index is 405. The minimum Gasteiger partial charge on any atom is -0.491 e. The van der Waals surface area contributed by atoms with E-state index in [0.29, 0.717) is 13.0 Å². The molecule has 0 aliphatic heterocycles. The van der Waals surface area contributed by atoms with Crippen molar-refractivity contribution >= 4 is 5.91 Å². The topological polar surface area (TPSA) is 41.6 Å². The maximum absolute atomic E-state index is 12.1. The molecule has 0 aromatic heterocycles. The minimum absolute atomic E-state index is 0.107. The SMILES string of the molecule is CNCCN(C)C(=O)Cc1ccccc1OC(C)C. The summed E-state index contributed by atoms with van der Waals surface area (Å²) in [6.45, 7) is 5.48. The lowest BCUT2D eigenvalue weighted by Crippen LogP contribution is -2.33. The summed E-state index contributed by atoms with van der Waals surface area (Å²) in [5.74, 6) is 0.905. The number of hydrogen-bond donors (Lipinski definition) is 1. The van der Waals surface area contributed by atoms with Crippen molar-refractivity contribution in [3.05, 3.63) is 29.8 Å². The standard InChI is InChI=1S/C15H24N2O2/c1-12(2)19-14-8-6-5-7-13(14)11-15(18)17(4)10-9-16-3/h5-8,12,16H,9-11H2,1-4H3. The Morgan fingerprint density at radius 3 is 2.68 bits per heavy atom. The second kappa shape index (κ2) is 7.79. The van der Waals surface area contributed by atoms with Crippen molar-refractivity contribution in [1.29, 1.82) is 0 Å². The van der Waals surface area contributed by atoms with Gasteiger partial charge >= 0.3 is 0 Å². The molecular weight excluding hydrogens is 240 g/mol. The summed E-state index contributed by atoms with van der Waals surface area (Å²) >= 11 is 0. The lowest BCUT2D eigenvalue weighted by atomic mass is 10.1. The first kappa shape index (κ1) is 15.5. The maximum Gasteiger partial charge on any atom is 0.226 e. The molecule has 0 unspecified atom stereocenters. The second-order valence-corrected chi connectivity index (χ2v) is 4.87. The summed E-state index contributed by atoms with van der Waals surface area (Å²) in [4.78, 5) is 13.8. The van der Waals surface area contributed by atoms with Gasteiger partial charge in [-0.05, 0) is 27.0 Å². The van der Waals surface area contributed by atoms with Crippen molar-refractivity contribution < 1.29 is 9.53 Å². The molecule has 0 spiro atoms. The summed E-state index contributed by atoms with van der Waals surface area (Å²) in [6.07, 6.45) is 0.488. The van der Waals surface area contributed by atoms with Gasteiger partial charge in [-0.1, -0.05) is 18.2 Å². The van der Waals surface area contributed by atoms with Crippen molar-refractivity contribution in [2.75, 3.05) is 27.2 Å². The molecule has 1 N–H and O–H groups in total. The van der Waals surface area contributed by atoms with Gasteiger partial charge in [0, 0.05) is 25.7 Å². The van der Waals surface area contributed by atoms with Gasteiger partial charge in [0.15, 0.2) is 0 Å². The molecule has 19 heavy (non-hydrogen) atoms. The van der Waals surface area contributed by atoms with Crippen molar-refractivity contribution in [3.8, 4) is 5.75 Å². The molecule has 1 rings (SSSR count). The van der Waals surface area contributed by atoms with Gasteiger partial charge in [-0.15, -0.1) is 0 Å². The number of benzene rings is 1. The van der Waals surface area contributed by atoms with Crippen molar-refractivity contribution in [2.45, 2.75) is 26.4 Å². The quantitative estimate of drug-likeness (QED) is 0.815. The van der Waals surface area contributed by atoms with Gasteiger partial charge in [-0.2, -0.15) is 0 Å². The van der Waals surface area contributed by atoms with Crippen molar-refractivity contribution in [2.24, 2.45) is 0 Å². The number of nitrogens with zero attached hydrogens (tertiary/aromatic N) is 1. The Kier molecular flexibility index (Phi) is 6.36. The first-order valence-corrected chi connectivity index (χ1v) is 6.67. The molecule has 106 valence electrons. The number of likely N-dealkylation sites (N-methyl/N-ethyl adjacent to an activating group) is 2. The molecule has 1 aromatic carbocycles. The van der Waals surface area contributed by atoms with Gasteiger partial charge in [-0.3, -0.25) is 4.79 Å². The summed E-state index contributed by atoms with van der Waals surface area (Å²) in [6, 6.07) is 7.72. The predicted molar refractivity (Wildman–Crippen MR) is 77.5 cm³/mol. The fraction of sp³-hybridized carbons (Fsp3) is 0.533. The summed E-state index contributed by atoms with van der Waals surface area (Å²) < 4.78 is 5.72. The highest BCUT2D eigenvalue weighted by molar-refractivity contribution is 5.79. The van der Waals surface area contributed by atoms with Crippen LogP contribution in [0.5, 0.6) is 5.75 Å². The van der Waals surface area contributed by atoms with E-state index in [1.54, 1.807) is 4.90 Å². The lowest BCUT2D eigenvalue weighted by molar-refractivity contribution is -0.129. The zero-order chi connectivity index (χ0) is 14.3. The van der Waals surface area contributed by atoms with E-state index in [2.05, 4.69) is 5.32 Å². The van der Waals surface area contributed by atoms with E-state index >= 15 is 0 Å². The van der Waals surface area contributed by atoms with Crippen LogP contribution in [-0.4, -0.2) is 44.1 Å². The summed E-state index contributed by atoms with van der Waals surface area (Å²) in [5, 5.41) is 3.04. The Labute approximate surface area is 115 Å². The molecule has 0 saturated carbocycles. The number of amides is 1. The highest BCUT2D eigenvalue weighted by Gasteiger charge is 2.13. The Hall–Kier alpha value is -1.55. The van der Waals surface area contributed by atoms with Crippen LogP contribution in [0.4, 0.5) is 0 Å². The fourth-order valence-electron chi connectivity index (χ4n) is 1.72. The first-order valence-electron chi connectivity index (χ1n) is 6.67. The minimum atomic E-state index is 0.107. The predicted octanol–water partition coefficient (Wildman–Crippen LogP) is 1.69. The third-order valence-corrected chi connectivity index (χ3v) is 2.80. The maximum atomic E-state index is 12.1. The van der Waals surface area contributed by atoms with E-state index in [0.717, 1.165) is 17.9 Å². The van der Waals surface area contributed by atoms with Gasteiger partial charge in [0.25, 0.3) is 0 Å². The molecule has 0 aliphatic carbocycles. The molecule has 0 atom stereocenters. The van der Waals surface area contributed by atoms with Crippen LogP contribution in [0.1, 0.15) is 19.4 Å². The smallest absolute Gasteiger partial charge is 0.226 e. The second-order valence-electron chi connectivity index (χ2n) is 4.87. The molecule has 0 heterocycles. The Morgan fingerprint density at radius 1 is 1.37 bits per heavy atom. The third-order valence-electron chi connectivity index (χ3n) is 2.80. The zero-order valence-electron chi connectivity index (χ0n) is 12.3. The number of ether oxygens (including phenoxy) is 1. The molecule has 0 saturated heterocycles. The lowest BCUT2D eigenvalue weighted by Gasteiger charge is -2.19. The van der Waals surface area contributed by atoms with E-state index in [1.165, 1.54) is 0 Å². The molecular formula is C15H24N2O2. The highest BCUT2D eigenvalue weighted by atomic mass is 16.5. The van der Waals surface area contributed by atoms with Gasteiger partial charge in [0.1, 0.15) is 5.75 Å². The van der Waals surface area contributed by atoms with Crippen LogP contribution in [-0.2, 0) is 11.2 Å². The number of para-hydroxylation sites is 1. The van der Waals surface area contributed by atoms with Crippen LogP contribution in [0.3, 0.4) is 0 Å². The van der Waals surface area contributed by atoms with Crippen LogP contribution in [0.2, 0.25) is 0 Å². The number of carbonyl (C=O) groups is 1. The van der Waals surface area contributed by atoms with Gasteiger partial charge in [-0.25, -0.2) is 0 Å². The van der Waals surface area contributed by atoms with Crippen LogP contribution in [0.15, 0.2) is 24.3 Å². The number of nitrogens with one attached hydrogen (secondary N) is 1. The van der Waals surface area contributed by atoms with E-state index in [1.807, 2.05) is 52.2 Å². The molecule has 1 amide bonds. The molecule has 4 heteroatoms. The van der Waals surface area contributed by atoms with Crippen molar-refractivity contribution in [1.82, 2.24) is 10.2 Å². The van der Waals surface area contributed by atoms with Crippen LogP contribution in [0, 0.1) is 0 Å². The van der Waals surface area contributed by atoms with Crippen LogP contribution in [0.25, 0.3) is 0 Å². The van der Waals surface area contributed by atoms with Crippen molar-refractivity contribution in [3.63, 3.8) is 0 Å². The van der Waals surface area contributed by atoms with E-state index in [9.17, 15) is 4.79 Å². The average Bonchev–Trinajstić information content (AvgIpc) is 2.37. The summed E-state index contributed by atoms with van der Waals surface area (Å²) in [7, 11) is 3.70. The van der Waals surface area contributed by atoms with E-state index in [4.69, 9.17) is 4.74 Å². The average molecular weight is 264 g/mol. The molecule has 0 fully saturated rings. The fourth-order valence-corrected chi connectivity index (χ4v) is 1.72.